The number of aliphatic hydroxyl groups excluding tert-OH is 1. The zero-order chi connectivity index (χ0) is 9.68. The fourth-order valence-corrected chi connectivity index (χ4v) is 1.54. The van der Waals surface area contributed by atoms with E-state index in [0.717, 1.165) is 6.42 Å². The minimum absolute atomic E-state index is 0.0117. The van der Waals surface area contributed by atoms with E-state index in [1.807, 2.05) is 11.5 Å². The maximum atomic E-state index is 8.70. The molecule has 1 heterocycles. The fraction of sp³-hybridized carbons (Fsp3) is 0.714. The topological polar surface area (TPSA) is 50.9 Å². The van der Waals surface area contributed by atoms with Crippen LogP contribution in [0, 0.1) is 0 Å². The Balaban J connectivity index is 2.59. The van der Waals surface area contributed by atoms with Crippen LogP contribution in [0.25, 0.3) is 0 Å². The molecule has 1 atom stereocenters. The van der Waals surface area contributed by atoms with Crippen molar-refractivity contribution in [2.24, 2.45) is 0 Å². The van der Waals surface area contributed by atoms with Crippen LogP contribution in [0.3, 0.4) is 0 Å². The maximum absolute atomic E-state index is 8.70. The Morgan fingerprint density at radius 1 is 1.77 bits per heavy atom. The lowest BCUT2D eigenvalue weighted by atomic mass is 10.3. The molecule has 0 saturated carbocycles. The van der Waals surface area contributed by atoms with E-state index in [4.69, 9.17) is 16.7 Å². The van der Waals surface area contributed by atoms with Crippen LogP contribution in [0.5, 0.6) is 0 Å². The number of thioether (sulfide) groups is 1. The first-order valence-corrected chi connectivity index (χ1v) is 5.45. The van der Waals surface area contributed by atoms with E-state index in [1.165, 1.54) is 11.8 Å². The third-order valence-electron chi connectivity index (χ3n) is 1.61. The van der Waals surface area contributed by atoms with E-state index in [1.54, 1.807) is 6.33 Å². The molecule has 1 N–H and O–H groups in total. The molecule has 0 spiro atoms. The summed E-state index contributed by atoms with van der Waals surface area (Å²) in [6, 6.07) is 0. The van der Waals surface area contributed by atoms with Crippen molar-refractivity contribution in [1.82, 2.24) is 14.8 Å². The van der Waals surface area contributed by atoms with E-state index >= 15 is 0 Å². The van der Waals surface area contributed by atoms with Gasteiger partial charge in [0.25, 0.3) is 0 Å². The van der Waals surface area contributed by atoms with Crippen LogP contribution < -0.4 is 0 Å². The number of alkyl halides is 1. The minimum atomic E-state index is 0.0117. The Bertz CT molecular complexity index is 256. The lowest BCUT2D eigenvalue weighted by Gasteiger charge is -2.08. The second-order valence-corrected chi connectivity index (χ2v) is 4.07. The molecular weight excluding hydrogens is 210 g/mol. The van der Waals surface area contributed by atoms with Gasteiger partial charge in [0, 0.05) is 6.54 Å². The highest BCUT2D eigenvalue weighted by molar-refractivity contribution is 7.98. The zero-order valence-electron chi connectivity index (χ0n) is 7.35. The molecule has 0 saturated heterocycles. The van der Waals surface area contributed by atoms with Gasteiger partial charge in [0.15, 0.2) is 5.16 Å². The van der Waals surface area contributed by atoms with Gasteiger partial charge < -0.3 is 9.67 Å². The molecule has 0 aliphatic rings. The smallest absolute Gasteiger partial charge is 0.193 e. The Morgan fingerprint density at radius 3 is 3.15 bits per heavy atom. The highest BCUT2D eigenvalue weighted by Gasteiger charge is 2.08. The summed E-state index contributed by atoms with van der Waals surface area (Å²) in [6.45, 7) is 2.72. The minimum Gasteiger partial charge on any atom is -0.385 e. The van der Waals surface area contributed by atoms with Gasteiger partial charge in [0.05, 0.1) is 11.3 Å². The number of aliphatic hydroxyl groups is 1. The normalized spacial score (nSPS) is 13.2. The van der Waals surface area contributed by atoms with Gasteiger partial charge in [-0.1, -0.05) is 18.7 Å². The second-order valence-electron chi connectivity index (χ2n) is 2.54. The van der Waals surface area contributed by atoms with Crippen molar-refractivity contribution in [1.29, 1.82) is 0 Å². The van der Waals surface area contributed by atoms with Crippen molar-refractivity contribution >= 4 is 23.4 Å². The molecule has 1 rings (SSSR count). The van der Waals surface area contributed by atoms with E-state index in [9.17, 15) is 0 Å². The lowest BCUT2D eigenvalue weighted by Crippen LogP contribution is -2.09. The molecule has 1 aromatic rings. The number of rotatable bonds is 5. The van der Waals surface area contributed by atoms with E-state index in [-0.39, 0.29) is 11.3 Å². The molecule has 4 nitrogen and oxygen atoms in total. The van der Waals surface area contributed by atoms with Crippen molar-refractivity contribution in [3.05, 3.63) is 6.33 Å². The van der Waals surface area contributed by atoms with Gasteiger partial charge in [-0.25, -0.2) is 0 Å². The number of hydrogen-bond donors (Lipinski definition) is 1. The predicted molar refractivity (Wildman–Crippen MR) is 52.9 cm³/mol. The van der Waals surface area contributed by atoms with Crippen molar-refractivity contribution in [2.75, 3.05) is 5.94 Å². The van der Waals surface area contributed by atoms with Gasteiger partial charge in [-0.2, -0.15) is 0 Å². The van der Waals surface area contributed by atoms with Crippen LogP contribution in [0.15, 0.2) is 11.5 Å². The number of halogens is 1. The van der Waals surface area contributed by atoms with Gasteiger partial charge in [-0.05, 0) is 6.42 Å². The van der Waals surface area contributed by atoms with Gasteiger partial charge in [-0.3, -0.25) is 0 Å². The first-order chi connectivity index (χ1) is 6.27. The summed E-state index contributed by atoms with van der Waals surface area (Å²) in [5.41, 5.74) is 0. The SMILES string of the molecule is CCC(Cl)Cn1cnnc1SCO. The van der Waals surface area contributed by atoms with Crippen molar-refractivity contribution in [3.63, 3.8) is 0 Å². The van der Waals surface area contributed by atoms with Gasteiger partial charge in [0.1, 0.15) is 6.33 Å². The van der Waals surface area contributed by atoms with Crippen molar-refractivity contribution in [3.8, 4) is 0 Å². The summed E-state index contributed by atoms with van der Waals surface area (Å²) >= 11 is 7.23. The van der Waals surface area contributed by atoms with Gasteiger partial charge in [0.2, 0.25) is 0 Å². The van der Waals surface area contributed by atoms with E-state index < -0.39 is 0 Å². The molecule has 0 amide bonds. The third kappa shape index (κ3) is 3.17. The standard InChI is InChI=1S/C7H12ClN3OS/c1-2-6(8)3-11-4-9-10-7(11)13-5-12/h4,6,12H,2-3,5H2,1H3. The van der Waals surface area contributed by atoms with Gasteiger partial charge >= 0.3 is 0 Å². The van der Waals surface area contributed by atoms with Crippen molar-refractivity contribution < 1.29 is 5.11 Å². The summed E-state index contributed by atoms with van der Waals surface area (Å²) in [4.78, 5) is 0. The highest BCUT2D eigenvalue weighted by atomic mass is 35.5. The van der Waals surface area contributed by atoms with Crippen LogP contribution >= 0.6 is 23.4 Å². The molecule has 0 aliphatic carbocycles. The maximum Gasteiger partial charge on any atom is 0.193 e. The Morgan fingerprint density at radius 2 is 2.54 bits per heavy atom. The summed E-state index contributed by atoms with van der Waals surface area (Å²) < 4.78 is 1.85. The first-order valence-electron chi connectivity index (χ1n) is 4.03. The fourth-order valence-electron chi connectivity index (χ4n) is 0.882. The largest absolute Gasteiger partial charge is 0.385 e. The Hall–Kier alpha value is -0.260. The summed E-state index contributed by atoms with van der Waals surface area (Å²) in [5.74, 6) is 0.0117. The van der Waals surface area contributed by atoms with Crippen molar-refractivity contribution in [2.45, 2.75) is 30.4 Å². The van der Waals surface area contributed by atoms with E-state index in [0.29, 0.717) is 11.7 Å². The monoisotopic (exact) mass is 221 g/mol. The van der Waals surface area contributed by atoms with Crippen LogP contribution in [-0.2, 0) is 6.54 Å². The van der Waals surface area contributed by atoms with Crippen LogP contribution in [0.2, 0.25) is 0 Å². The Labute approximate surface area is 86.3 Å². The molecule has 74 valence electrons. The predicted octanol–water partition coefficient (Wildman–Crippen LogP) is 1.34. The molecule has 0 radical (unpaired) electrons. The number of nitrogens with zero attached hydrogens (tertiary/aromatic N) is 3. The second kappa shape index (κ2) is 5.47. The van der Waals surface area contributed by atoms with Crippen LogP contribution in [0.4, 0.5) is 0 Å². The van der Waals surface area contributed by atoms with Gasteiger partial charge in [-0.15, -0.1) is 21.8 Å². The third-order valence-corrected chi connectivity index (χ3v) is 2.76. The molecule has 6 heteroatoms. The summed E-state index contributed by atoms with van der Waals surface area (Å²) in [7, 11) is 0. The molecule has 13 heavy (non-hydrogen) atoms. The summed E-state index contributed by atoms with van der Waals surface area (Å²) in [6.07, 6.45) is 2.53. The average Bonchev–Trinajstić information content (AvgIpc) is 2.54. The average molecular weight is 222 g/mol. The zero-order valence-corrected chi connectivity index (χ0v) is 8.92. The molecule has 0 aromatic carbocycles. The Kier molecular flexibility index (Phi) is 4.55. The number of aromatic nitrogens is 3. The van der Waals surface area contributed by atoms with Crippen LogP contribution in [-0.4, -0.2) is 31.2 Å². The lowest BCUT2D eigenvalue weighted by molar-refractivity contribution is 0.374. The van der Waals surface area contributed by atoms with E-state index in [2.05, 4.69) is 10.2 Å². The molecule has 0 bridgehead atoms. The molecular formula is C7H12ClN3OS. The highest BCUT2D eigenvalue weighted by Crippen LogP contribution is 2.15. The molecule has 0 fully saturated rings. The molecule has 1 aromatic heterocycles. The molecule has 1 unspecified atom stereocenters. The quantitative estimate of drug-likeness (QED) is 0.463. The molecule has 0 aliphatic heterocycles. The number of hydrogen-bond acceptors (Lipinski definition) is 4. The van der Waals surface area contributed by atoms with Crippen LogP contribution in [0.1, 0.15) is 13.3 Å². The first kappa shape index (κ1) is 10.8. The summed E-state index contributed by atoms with van der Waals surface area (Å²) in [5, 5.41) is 17.1.